The lowest BCUT2D eigenvalue weighted by atomic mass is 10.1. The maximum atomic E-state index is 9.51. The largest absolute Gasteiger partial charge is 0.508 e. The molecule has 1 aromatic carbocycles. The van der Waals surface area contributed by atoms with Crippen LogP contribution >= 0.6 is 0 Å². The lowest BCUT2D eigenvalue weighted by Crippen LogP contribution is -2.08. The van der Waals surface area contributed by atoms with Crippen molar-refractivity contribution in [1.82, 2.24) is 0 Å². The normalized spacial score (nSPS) is 16.9. The van der Waals surface area contributed by atoms with E-state index in [-0.39, 0.29) is 0 Å². The van der Waals surface area contributed by atoms with E-state index in [0.717, 1.165) is 17.9 Å². The second kappa shape index (κ2) is 4.56. The molecular weight excluding hydrogens is 188 g/mol. The highest BCUT2D eigenvalue weighted by Gasteiger charge is 2.16. The van der Waals surface area contributed by atoms with Crippen LogP contribution in [-0.4, -0.2) is 11.7 Å². The lowest BCUT2D eigenvalue weighted by Gasteiger charge is -2.13. The Kier molecular flexibility index (Phi) is 3.14. The number of ether oxygens (including phenoxy) is 1. The molecule has 0 aromatic heterocycles. The molecule has 1 aliphatic rings. The van der Waals surface area contributed by atoms with Crippen molar-refractivity contribution < 1.29 is 9.84 Å². The summed E-state index contributed by atoms with van der Waals surface area (Å²) in [5.41, 5.74) is 0.843. The summed E-state index contributed by atoms with van der Waals surface area (Å²) >= 11 is 0. The maximum absolute atomic E-state index is 9.51. The highest BCUT2D eigenvalue weighted by Crippen LogP contribution is 2.29. The third-order valence-corrected chi connectivity index (χ3v) is 3.20. The van der Waals surface area contributed by atoms with Crippen LogP contribution in [0.2, 0.25) is 0 Å². The molecule has 0 atom stereocenters. The van der Waals surface area contributed by atoms with E-state index in [4.69, 9.17) is 4.74 Å². The van der Waals surface area contributed by atoms with Gasteiger partial charge in [-0.05, 0) is 37.8 Å². The van der Waals surface area contributed by atoms with Gasteiger partial charge in [-0.2, -0.15) is 0 Å². The Bertz CT molecular complexity index is 327. The topological polar surface area (TPSA) is 29.5 Å². The maximum Gasteiger partial charge on any atom is 0.125 e. The van der Waals surface area contributed by atoms with Crippen LogP contribution < -0.4 is 4.74 Å². The van der Waals surface area contributed by atoms with E-state index in [1.807, 2.05) is 19.1 Å². The van der Waals surface area contributed by atoms with Gasteiger partial charge in [0.2, 0.25) is 0 Å². The number of rotatable bonds is 3. The molecule has 1 fully saturated rings. The van der Waals surface area contributed by atoms with Crippen molar-refractivity contribution in [3.05, 3.63) is 23.8 Å². The van der Waals surface area contributed by atoms with Gasteiger partial charge in [-0.3, -0.25) is 0 Å². The van der Waals surface area contributed by atoms with Gasteiger partial charge in [-0.15, -0.1) is 0 Å². The zero-order valence-corrected chi connectivity index (χ0v) is 9.20. The summed E-state index contributed by atoms with van der Waals surface area (Å²) in [4.78, 5) is 0. The van der Waals surface area contributed by atoms with Crippen LogP contribution in [-0.2, 0) is 0 Å². The molecule has 15 heavy (non-hydrogen) atoms. The van der Waals surface area contributed by atoms with Crippen molar-refractivity contribution >= 4 is 0 Å². The van der Waals surface area contributed by atoms with Gasteiger partial charge in [0.15, 0.2) is 0 Å². The van der Waals surface area contributed by atoms with Crippen LogP contribution in [0.4, 0.5) is 0 Å². The van der Waals surface area contributed by atoms with E-state index < -0.39 is 0 Å². The van der Waals surface area contributed by atoms with Crippen LogP contribution in [0.1, 0.15) is 31.2 Å². The fraction of sp³-hybridized carbons (Fsp3) is 0.538. The smallest absolute Gasteiger partial charge is 0.125 e. The van der Waals surface area contributed by atoms with E-state index in [2.05, 4.69) is 0 Å². The van der Waals surface area contributed by atoms with Crippen molar-refractivity contribution in [1.29, 1.82) is 0 Å². The molecular formula is C13H18O2. The summed E-state index contributed by atoms with van der Waals surface area (Å²) in [6, 6.07) is 5.44. The zero-order valence-electron chi connectivity index (χ0n) is 9.20. The third-order valence-electron chi connectivity index (χ3n) is 3.20. The summed E-state index contributed by atoms with van der Waals surface area (Å²) in [6.07, 6.45) is 5.26. The summed E-state index contributed by atoms with van der Waals surface area (Å²) in [6.45, 7) is 2.68. The SMILES string of the molecule is Cc1c(O)cccc1OCC1CCCC1. The molecule has 2 rings (SSSR count). The predicted molar refractivity (Wildman–Crippen MR) is 60.3 cm³/mol. The molecule has 2 heteroatoms. The first-order chi connectivity index (χ1) is 7.27. The molecule has 82 valence electrons. The minimum atomic E-state index is 0.318. The van der Waals surface area contributed by atoms with Crippen molar-refractivity contribution in [2.24, 2.45) is 5.92 Å². The third kappa shape index (κ3) is 2.44. The van der Waals surface area contributed by atoms with Crippen LogP contribution in [0.15, 0.2) is 18.2 Å². The summed E-state index contributed by atoms with van der Waals surface area (Å²) in [5, 5.41) is 9.51. The number of hydrogen-bond acceptors (Lipinski definition) is 2. The first kappa shape index (κ1) is 10.3. The number of phenols is 1. The molecule has 2 nitrogen and oxygen atoms in total. The molecule has 1 N–H and O–H groups in total. The molecule has 1 aromatic rings. The first-order valence-electron chi connectivity index (χ1n) is 5.69. The summed E-state index contributed by atoms with van der Waals surface area (Å²) < 4.78 is 5.74. The predicted octanol–water partition coefficient (Wildman–Crippen LogP) is 3.27. The molecule has 0 amide bonds. The quantitative estimate of drug-likeness (QED) is 0.822. The Balaban J connectivity index is 1.95. The fourth-order valence-corrected chi connectivity index (χ4v) is 2.14. The minimum Gasteiger partial charge on any atom is -0.508 e. The van der Waals surface area contributed by atoms with Gasteiger partial charge in [-0.25, -0.2) is 0 Å². The summed E-state index contributed by atoms with van der Waals surface area (Å²) in [5.74, 6) is 1.85. The first-order valence-corrected chi connectivity index (χ1v) is 5.69. The number of benzene rings is 1. The van der Waals surface area contributed by atoms with Gasteiger partial charge in [0.25, 0.3) is 0 Å². The highest BCUT2D eigenvalue weighted by atomic mass is 16.5. The van der Waals surface area contributed by atoms with E-state index in [1.54, 1.807) is 6.07 Å². The van der Waals surface area contributed by atoms with Gasteiger partial charge in [0.05, 0.1) is 6.61 Å². The van der Waals surface area contributed by atoms with Crippen LogP contribution in [0.3, 0.4) is 0 Å². The Morgan fingerprint density at radius 3 is 2.80 bits per heavy atom. The van der Waals surface area contributed by atoms with Crippen molar-refractivity contribution in [3.63, 3.8) is 0 Å². The van der Waals surface area contributed by atoms with Crippen molar-refractivity contribution in [2.45, 2.75) is 32.6 Å². The average molecular weight is 206 g/mol. The highest BCUT2D eigenvalue weighted by molar-refractivity contribution is 5.42. The molecule has 0 bridgehead atoms. The zero-order chi connectivity index (χ0) is 10.7. The van der Waals surface area contributed by atoms with Gasteiger partial charge in [-0.1, -0.05) is 18.9 Å². The van der Waals surface area contributed by atoms with E-state index in [9.17, 15) is 5.11 Å². The minimum absolute atomic E-state index is 0.318. The second-order valence-corrected chi connectivity index (χ2v) is 4.36. The Labute approximate surface area is 90.9 Å². The fourth-order valence-electron chi connectivity index (χ4n) is 2.14. The van der Waals surface area contributed by atoms with E-state index >= 15 is 0 Å². The standard InChI is InChI=1S/C13H18O2/c1-10-12(14)7-4-8-13(10)15-9-11-5-2-3-6-11/h4,7-8,11,14H,2-3,5-6,9H2,1H3. The monoisotopic (exact) mass is 206 g/mol. The molecule has 1 saturated carbocycles. The molecule has 1 aliphatic carbocycles. The molecule has 0 radical (unpaired) electrons. The van der Waals surface area contributed by atoms with Gasteiger partial charge in [0.1, 0.15) is 11.5 Å². The van der Waals surface area contributed by atoms with Gasteiger partial charge < -0.3 is 9.84 Å². The van der Waals surface area contributed by atoms with E-state index in [0.29, 0.717) is 11.7 Å². The van der Waals surface area contributed by atoms with Gasteiger partial charge in [0, 0.05) is 5.56 Å². The van der Waals surface area contributed by atoms with Gasteiger partial charge >= 0.3 is 0 Å². The van der Waals surface area contributed by atoms with Crippen molar-refractivity contribution in [3.8, 4) is 11.5 Å². The Hall–Kier alpha value is -1.18. The molecule has 0 spiro atoms. The number of phenolic OH excluding ortho intramolecular Hbond substituents is 1. The Morgan fingerprint density at radius 1 is 1.33 bits per heavy atom. The number of hydrogen-bond donors (Lipinski definition) is 1. The number of aromatic hydroxyl groups is 1. The molecule has 0 aliphatic heterocycles. The van der Waals surface area contributed by atoms with Crippen LogP contribution in [0.5, 0.6) is 11.5 Å². The van der Waals surface area contributed by atoms with Crippen LogP contribution in [0, 0.1) is 12.8 Å². The average Bonchev–Trinajstić information content (AvgIpc) is 2.73. The lowest BCUT2D eigenvalue weighted by molar-refractivity contribution is 0.249. The second-order valence-electron chi connectivity index (χ2n) is 4.36. The van der Waals surface area contributed by atoms with Crippen molar-refractivity contribution in [2.75, 3.05) is 6.61 Å². The Morgan fingerprint density at radius 2 is 2.07 bits per heavy atom. The summed E-state index contributed by atoms with van der Waals surface area (Å²) in [7, 11) is 0. The van der Waals surface area contributed by atoms with E-state index in [1.165, 1.54) is 25.7 Å². The van der Waals surface area contributed by atoms with Crippen LogP contribution in [0.25, 0.3) is 0 Å². The molecule has 0 saturated heterocycles. The molecule has 0 heterocycles. The molecule has 0 unspecified atom stereocenters.